The number of hydrogen-bond donors (Lipinski definition) is 0. The Bertz CT molecular complexity index is 788. The molecule has 0 fully saturated rings. The molecule has 106 valence electrons. The highest BCUT2D eigenvalue weighted by Crippen LogP contribution is 2.20. The number of rotatable bonds is 4. The summed E-state index contributed by atoms with van der Waals surface area (Å²) in [5, 5.41) is 0. The second-order valence-electron chi connectivity index (χ2n) is 4.97. The Morgan fingerprint density at radius 2 is 0.864 bits per heavy atom. The molecule has 0 saturated carbocycles. The van der Waals surface area contributed by atoms with Crippen LogP contribution in [0.5, 0.6) is 0 Å². The van der Waals surface area contributed by atoms with Gasteiger partial charge in [0.25, 0.3) is 0 Å². The lowest BCUT2D eigenvalue weighted by Crippen LogP contribution is -2.14. The Kier molecular flexibility index (Phi) is 3.92. The van der Waals surface area contributed by atoms with Crippen molar-refractivity contribution < 1.29 is 9.59 Å². The summed E-state index contributed by atoms with van der Waals surface area (Å²) < 4.78 is 0. The van der Waals surface area contributed by atoms with Crippen LogP contribution in [0.3, 0.4) is 0 Å². The first kappa shape index (κ1) is 14.0. The highest BCUT2D eigenvalue weighted by molar-refractivity contribution is 6.49. The number of Topliss-reactive ketones (excluding diaryl/α,β-unsaturated/α-hetero) is 2. The van der Waals surface area contributed by atoms with Crippen molar-refractivity contribution in [2.24, 2.45) is 0 Å². The summed E-state index contributed by atoms with van der Waals surface area (Å²) in [6, 6.07) is 25.6. The first-order valence-electron chi connectivity index (χ1n) is 7.05. The van der Waals surface area contributed by atoms with Gasteiger partial charge >= 0.3 is 0 Å². The summed E-state index contributed by atoms with van der Waals surface area (Å²) in [4.78, 5) is 24.4. The quantitative estimate of drug-likeness (QED) is 0.525. The molecule has 0 saturated heterocycles. The van der Waals surface area contributed by atoms with Crippen molar-refractivity contribution in [2.75, 3.05) is 0 Å². The van der Waals surface area contributed by atoms with E-state index in [1.165, 1.54) is 0 Å². The molecule has 0 atom stereocenters. The predicted octanol–water partition coefficient (Wildman–Crippen LogP) is 4.42. The average Bonchev–Trinajstić information content (AvgIpc) is 2.62. The molecular weight excluding hydrogens is 272 g/mol. The van der Waals surface area contributed by atoms with E-state index >= 15 is 0 Å². The van der Waals surface area contributed by atoms with Crippen molar-refractivity contribution in [3.63, 3.8) is 0 Å². The second-order valence-corrected chi connectivity index (χ2v) is 4.97. The highest BCUT2D eigenvalue weighted by Gasteiger charge is 2.17. The minimum absolute atomic E-state index is 0.411. The number of carbonyl (C=O) groups is 2. The summed E-state index contributed by atoms with van der Waals surface area (Å²) in [6.07, 6.45) is 0. The van der Waals surface area contributed by atoms with E-state index in [9.17, 15) is 9.59 Å². The summed E-state index contributed by atoms with van der Waals surface area (Å²) in [7, 11) is 0. The molecule has 0 heterocycles. The van der Waals surface area contributed by atoms with E-state index in [0.717, 1.165) is 11.1 Å². The molecule has 0 aliphatic rings. The average molecular weight is 286 g/mol. The number of benzene rings is 3. The third-order valence-corrected chi connectivity index (χ3v) is 3.50. The van der Waals surface area contributed by atoms with Crippen molar-refractivity contribution in [3.8, 4) is 11.1 Å². The lowest BCUT2D eigenvalue weighted by molar-refractivity contribution is 0.0817. The zero-order chi connectivity index (χ0) is 15.4. The van der Waals surface area contributed by atoms with Crippen molar-refractivity contribution in [1.29, 1.82) is 0 Å². The third kappa shape index (κ3) is 2.86. The van der Waals surface area contributed by atoms with Crippen LogP contribution in [-0.2, 0) is 0 Å². The first-order chi connectivity index (χ1) is 10.8. The number of carbonyl (C=O) groups excluding carboxylic acids is 2. The minimum atomic E-state index is -0.481. The van der Waals surface area contributed by atoms with Gasteiger partial charge < -0.3 is 0 Å². The summed E-state index contributed by atoms with van der Waals surface area (Å²) >= 11 is 0. The van der Waals surface area contributed by atoms with E-state index in [-0.39, 0.29) is 0 Å². The fourth-order valence-corrected chi connectivity index (χ4v) is 2.30. The van der Waals surface area contributed by atoms with E-state index in [4.69, 9.17) is 0 Å². The smallest absolute Gasteiger partial charge is 0.233 e. The molecule has 0 bridgehead atoms. The van der Waals surface area contributed by atoms with Gasteiger partial charge in [0.15, 0.2) is 0 Å². The molecule has 0 radical (unpaired) electrons. The molecule has 2 nitrogen and oxygen atoms in total. The maximum atomic E-state index is 12.2. The van der Waals surface area contributed by atoms with Crippen LogP contribution >= 0.6 is 0 Å². The van der Waals surface area contributed by atoms with Gasteiger partial charge in [-0.3, -0.25) is 9.59 Å². The Labute approximate surface area is 129 Å². The van der Waals surface area contributed by atoms with Crippen LogP contribution in [0.4, 0.5) is 0 Å². The predicted molar refractivity (Wildman–Crippen MR) is 87.0 cm³/mol. The molecule has 2 heteroatoms. The van der Waals surface area contributed by atoms with E-state index in [0.29, 0.717) is 11.1 Å². The van der Waals surface area contributed by atoms with Gasteiger partial charge in [0.1, 0.15) is 0 Å². The molecule has 3 aromatic rings. The van der Waals surface area contributed by atoms with Gasteiger partial charge in [-0.1, -0.05) is 84.9 Å². The van der Waals surface area contributed by atoms with Crippen LogP contribution in [0.15, 0.2) is 84.9 Å². The van der Waals surface area contributed by atoms with Crippen LogP contribution in [0.25, 0.3) is 11.1 Å². The maximum absolute atomic E-state index is 12.2. The molecule has 0 aromatic heterocycles. The molecule has 22 heavy (non-hydrogen) atoms. The van der Waals surface area contributed by atoms with Crippen molar-refractivity contribution in [1.82, 2.24) is 0 Å². The summed E-state index contributed by atoms with van der Waals surface area (Å²) in [5.41, 5.74) is 2.92. The van der Waals surface area contributed by atoms with Crippen LogP contribution in [-0.4, -0.2) is 11.6 Å². The van der Waals surface area contributed by atoms with Gasteiger partial charge in [0, 0.05) is 11.1 Å². The van der Waals surface area contributed by atoms with E-state index in [2.05, 4.69) is 0 Å². The normalized spacial score (nSPS) is 10.2. The fourth-order valence-electron chi connectivity index (χ4n) is 2.30. The summed E-state index contributed by atoms with van der Waals surface area (Å²) in [6.45, 7) is 0. The Morgan fingerprint density at radius 3 is 1.41 bits per heavy atom. The van der Waals surface area contributed by atoms with E-state index in [1.807, 2.05) is 48.5 Å². The topological polar surface area (TPSA) is 34.1 Å². The molecule has 0 spiro atoms. The van der Waals surface area contributed by atoms with Gasteiger partial charge in [-0.2, -0.15) is 0 Å². The van der Waals surface area contributed by atoms with Gasteiger partial charge in [0.05, 0.1) is 0 Å². The van der Waals surface area contributed by atoms with Crippen molar-refractivity contribution >= 4 is 11.6 Å². The number of hydrogen-bond acceptors (Lipinski definition) is 2. The second kappa shape index (κ2) is 6.19. The first-order valence-corrected chi connectivity index (χ1v) is 7.05. The zero-order valence-electron chi connectivity index (χ0n) is 11.9. The van der Waals surface area contributed by atoms with Crippen molar-refractivity contribution in [3.05, 3.63) is 96.1 Å². The molecule has 3 rings (SSSR count). The molecule has 0 N–H and O–H groups in total. The lowest BCUT2D eigenvalue weighted by Gasteiger charge is -2.04. The number of ketones is 2. The molecular formula is C20H14O2. The fraction of sp³-hybridized carbons (Fsp3) is 0. The van der Waals surface area contributed by atoms with Gasteiger partial charge in [-0.25, -0.2) is 0 Å². The minimum Gasteiger partial charge on any atom is -0.285 e. The molecule has 0 aliphatic heterocycles. The third-order valence-electron chi connectivity index (χ3n) is 3.50. The molecule has 3 aromatic carbocycles. The Morgan fingerprint density at radius 1 is 0.455 bits per heavy atom. The van der Waals surface area contributed by atoms with Crippen LogP contribution in [0, 0.1) is 0 Å². The van der Waals surface area contributed by atoms with E-state index < -0.39 is 11.6 Å². The lowest BCUT2D eigenvalue weighted by atomic mass is 9.99. The Balaban J connectivity index is 1.84. The van der Waals surface area contributed by atoms with Gasteiger partial charge in [-0.15, -0.1) is 0 Å². The molecule has 0 aliphatic carbocycles. The largest absolute Gasteiger partial charge is 0.285 e. The highest BCUT2D eigenvalue weighted by atomic mass is 16.2. The van der Waals surface area contributed by atoms with Gasteiger partial charge in [-0.05, 0) is 11.1 Å². The van der Waals surface area contributed by atoms with Crippen molar-refractivity contribution in [2.45, 2.75) is 0 Å². The van der Waals surface area contributed by atoms with Crippen LogP contribution < -0.4 is 0 Å². The van der Waals surface area contributed by atoms with Crippen LogP contribution in [0.2, 0.25) is 0 Å². The molecule has 0 amide bonds. The summed E-state index contributed by atoms with van der Waals surface area (Å²) in [5.74, 6) is -0.959. The van der Waals surface area contributed by atoms with Crippen LogP contribution in [0.1, 0.15) is 20.7 Å². The monoisotopic (exact) mass is 286 g/mol. The SMILES string of the molecule is O=C(C(=O)c1ccc(-c2ccccc2)cc1)c1ccccc1. The maximum Gasteiger partial charge on any atom is 0.233 e. The van der Waals surface area contributed by atoms with Gasteiger partial charge in [0.2, 0.25) is 11.6 Å². The zero-order valence-corrected chi connectivity index (χ0v) is 11.9. The Hall–Kier alpha value is -3.00. The van der Waals surface area contributed by atoms with E-state index in [1.54, 1.807) is 36.4 Å². The standard InChI is InChI=1S/C20H14O2/c21-19(17-9-5-2-6-10-17)20(22)18-13-11-16(12-14-18)15-7-3-1-4-8-15/h1-14H. The molecule has 0 unspecified atom stereocenters.